The van der Waals surface area contributed by atoms with Gasteiger partial charge in [0.05, 0.1) is 0 Å². The maximum absolute atomic E-state index is 12.9. The summed E-state index contributed by atoms with van der Waals surface area (Å²) in [5.41, 5.74) is 1.25. The van der Waals surface area contributed by atoms with Gasteiger partial charge in [-0.05, 0) is 25.8 Å². The van der Waals surface area contributed by atoms with Crippen LogP contribution < -0.4 is 0 Å². The van der Waals surface area contributed by atoms with E-state index in [9.17, 15) is 12.3 Å². The van der Waals surface area contributed by atoms with Crippen molar-refractivity contribution in [3.63, 3.8) is 0 Å². The van der Waals surface area contributed by atoms with E-state index in [4.69, 9.17) is 0 Å². The molecule has 0 atom stereocenters. The fourth-order valence-electron chi connectivity index (χ4n) is 1.66. The molecule has 0 radical (unpaired) electrons. The Morgan fingerprint density at radius 3 is 2.27 bits per heavy atom. The molecule has 0 saturated carbocycles. The highest BCUT2D eigenvalue weighted by molar-refractivity contribution is 7.86. The highest BCUT2D eigenvalue weighted by Crippen LogP contribution is 2.22. The van der Waals surface area contributed by atoms with Crippen molar-refractivity contribution < 1.29 is 12.3 Å². The molecule has 5 heteroatoms. The number of hydrogen-bond acceptors (Lipinski definition) is 2. The second-order valence-corrected chi connectivity index (χ2v) is 5.49. The Hall–Kier alpha value is -0.840. The van der Waals surface area contributed by atoms with Crippen molar-refractivity contribution in [1.29, 1.82) is 0 Å². The van der Waals surface area contributed by atoms with E-state index in [0.29, 0.717) is 18.2 Å². The van der Waals surface area contributed by atoms with Crippen molar-refractivity contribution in [2.45, 2.75) is 39.1 Å². The van der Waals surface area contributed by atoms with E-state index < -0.39 is 10.2 Å². The van der Waals surface area contributed by atoms with Gasteiger partial charge in [0, 0.05) is 17.9 Å². The van der Waals surface area contributed by atoms with Gasteiger partial charge in [0.25, 0.3) is 0 Å². The zero-order valence-corrected chi connectivity index (χ0v) is 10.2. The lowest BCUT2D eigenvalue weighted by Gasteiger charge is -2.11. The van der Waals surface area contributed by atoms with E-state index in [2.05, 4.69) is 0 Å². The molecular formula is C10H16FNO2S. The third kappa shape index (κ3) is 2.59. The van der Waals surface area contributed by atoms with Crippen LogP contribution in [-0.2, 0) is 16.8 Å². The molecule has 0 aliphatic rings. The molecule has 1 aromatic rings. The first-order valence-corrected chi connectivity index (χ1v) is 6.23. The molecule has 15 heavy (non-hydrogen) atoms. The van der Waals surface area contributed by atoms with Crippen molar-refractivity contribution >= 4 is 10.2 Å². The van der Waals surface area contributed by atoms with Gasteiger partial charge in [0.1, 0.15) is 4.90 Å². The quantitative estimate of drug-likeness (QED) is 0.752. The lowest BCUT2D eigenvalue weighted by Crippen LogP contribution is -2.08. The van der Waals surface area contributed by atoms with Crippen molar-refractivity contribution in [3.05, 3.63) is 17.5 Å². The van der Waals surface area contributed by atoms with Crippen LogP contribution in [0.25, 0.3) is 0 Å². The summed E-state index contributed by atoms with van der Waals surface area (Å²) >= 11 is 0. The van der Waals surface area contributed by atoms with Crippen LogP contribution in [0, 0.1) is 19.8 Å². The van der Waals surface area contributed by atoms with Crippen LogP contribution in [0.15, 0.2) is 11.0 Å². The third-order valence-corrected chi connectivity index (χ3v) is 3.28. The monoisotopic (exact) mass is 233 g/mol. The molecule has 0 aliphatic heterocycles. The minimum absolute atomic E-state index is 0.208. The first kappa shape index (κ1) is 12.2. The van der Waals surface area contributed by atoms with E-state index in [0.717, 1.165) is 5.69 Å². The summed E-state index contributed by atoms with van der Waals surface area (Å²) in [4.78, 5) is -0.208. The van der Waals surface area contributed by atoms with Crippen LogP contribution in [0.2, 0.25) is 0 Å². The Morgan fingerprint density at radius 2 is 1.93 bits per heavy atom. The van der Waals surface area contributed by atoms with Crippen LogP contribution in [0.3, 0.4) is 0 Å². The van der Waals surface area contributed by atoms with Gasteiger partial charge in [-0.15, -0.1) is 3.89 Å². The average Bonchev–Trinajstić information content (AvgIpc) is 2.30. The van der Waals surface area contributed by atoms with Crippen molar-refractivity contribution in [3.8, 4) is 0 Å². The topological polar surface area (TPSA) is 39.1 Å². The summed E-state index contributed by atoms with van der Waals surface area (Å²) in [5.74, 6) is 0.393. The van der Waals surface area contributed by atoms with Gasteiger partial charge in [-0.1, -0.05) is 13.8 Å². The molecule has 0 aliphatic carbocycles. The Balaban J connectivity index is 3.27. The number of nitrogens with zero attached hydrogens (tertiary/aromatic N) is 1. The highest BCUT2D eigenvalue weighted by atomic mass is 32.3. The zero-order valence-electron chi connectivity index (χ0n) is 9.41. The van der Waals surface area contributed by atoms with Gasteiger partial charge in [-0.2, -0.15) is 8.42 Å². The third-order valence-electron chi connectivity index (χ3n) is 2.34. The Labute approximate surface area is 90.1 Å². The molecule has 0 fully saturated rings. The van der Waals surface area contributed by atoms with Gasteiger partial charge in [0.2, 0.25) is 0 Å². The first-order chi connectivity index (χ1) is 6.73. The predicted octanol–water partition coefficient (Wildman–Crippen LogP) is 2.42. The molecule has 3 nitrogen and oxygen atoms in total. The molecule has 0 saturated heterocycles. The normalized spacial score (nSPS) is 12.4. The molecule has 1 aromatic heterocycles. The Morgan fingerprint density at radius 1 is 1.40 bits per heavy atom. The fraction of sp³-hybridized carbons (Fsp3) is 0.600. The number of hydrogen-bond donors (Lipinski definition) is 0. The molecule has 0 amide bonds. The van der Waals surface area contributed by atoms with Gasteiger partial charge in [-0.25, -0.2) is 0 Å². The number of aryl methyl sites for hydroxylation is 1. The summed E-state index contributed by atoms with van der Waals surface area (Å²) < 4.78 is 36.4. The maximum Gasteiger partial charge on any atom is 0.333 e. The van der Waals surface area contributed by atoms with Gasteiger partial charge >= 0.3 is 10.2 Å². The number of aromatic nitrogens is 1. The fourth-order valence-corrected chi connectivity index (χ4v) is 2.44. The van der Waals surface area contributed by atoms with E-state index in [-0.39, 0.29) is 4.90 Å². The van der Waals surface area contributed by atoms with Gasteiger partial charge < -0.3 is 4.57 Å². The van der Waals surface area contributed by atoms with Crippen molar-refractivity contribution in [1.82, 2.24) is 4.57 Å². The lowest BCUT2D eigenvalue weighted by atomic mass is 10.2. The molecule has 1 rings (SSSR count). The molecule has 0 bridgehead atoms. The summed E-state index contributed by atoms with van der Waals surface area (Å²) in [5, 5.41) is 0. The molecule has 0 spiro atoms. The van der Waals surface area contributed by atoms with Crippen LogP contribution in [0.5, 0.6) is 0 Å². The smallest absolute Gasteiger partial charge is 0.333 e. The largest absolute Gasteiger partial charge is 0.347 e. The van der Waals surface area contributed by atoms with Crippen molar-refractivity contribution in [2.75, 3.05) is 0 Å². The lowest BCUT2D eigenvalue weighted by molar-refractivity contribution is 0.505. The zero-order chi connectivity index (χ0) is 11.8. The van der Waals surface area contributed by atoms with E-state index in [1.807, 2.05) is 18.4 Å². The Kier molecular flexibility index (Phi) is 3.23. The maximum atomic E-state index is 12.9. The second-order valence-electron chi connectivity index (χ2n) is 4.18. The molecule has 0 aromatic carbocycles. The van der Waals surface area contributed by atoms with Crippen LogP contribution in [-0.4, -0.2) is 13.0 Å². The highest BCUT2D eigenvalue weighted by Gasteiger charge is 2.20. The van der Waals surface area contributed by atoms with E-state index in [1.54, 1.807) is 13.8 Å². The predicted molar refractivity (Wildman–Crippen MR) is 57.0 cm³/mol. The van der Waals surface area contributed by atoms with E-state index >= 15 is 0 Å². The van der Waals surface area contributed by atoms with Crippen molar-refractivity contribution in [2.24, 2.45) is 5.92 Å². The van der Waals surface area contributed by atoms with Gasteiger partial charge in [0.15, 0.2) is 0 Å². The van der Waals surface area contributed by atoms with Crippen LogP contribution in [0.1, 0.15) is 25.2 Å². The summed E-state index contributed by atoms with van der Waals surface area (Å²) in [6.07, 6.45) is 0. The standard InChI is InChI=1S/C10H16FNO2S/c1-7(2)6-12-8(3)5-10(9(12)4)15(11,13)14/h5,7H,6H2,1-4H3. The SMILES string of the molecule is Cc1cc(S(=O)(=O)F)c(C)n1CC(C)C. The molecular weight excluding hydrogens is 217 g/mol. The minimum Gasteiger partial charge on any atom is -0.347 e. The summed E-state index contributed by atoms with van der Waals surface area (Å²) in [7, 11) is -4.59. The summed E-state index contributed by atoms with van der Waals surface area (Å²) in [6, 6.07) is 1.38. The first-order valence-electron chi connectivity index (χ1n) is 4.85. The summed E-state index contributed by atoms with van der Waals surface area (Å²) in [6.45, 7) is 8.17. The van der Waals surface area contributed by atoms with E-state index in [1.165, 1.54) is 6.07 Å². The Bertz CT molecular complexity index is 460. The van der Waals surface area contributed by atoms with Crippen LogP contribution in [0.4, 0.5) is 3.89 Å². The average molecular weight is 233 g/mol. The number of rotatable bonds is 3. The van der Waals surface area contributed by atoms with Gasteiger partial charge in [-0.3, -0.25) is 0 Å². The molecule has 0 unspecified atom stereocenters. The number of halogens is 1. The second kappa shape index (κ2) is 3.96. The minimum atomic E-state index is -4.59. The van der Waals surface area contributed by atoms with Crippen LogP contribution >= 0.6 is 0 Å². The molecule has 86 valence electrons. The molecule has 1 heterocycles. The molecule has 0 N–H and O–H groups in total.